The largest absolute Gasteiger partial charge is 0.508 e. The van der Waals surface area contributed by atoms with Gasteiger partial charge in [0.15, 0.2) is 0 Å². The SMILES string of the molecule is Oc1ccc2c(c1)CCN[C@H]2c1ccccc1Br. The minimum atomic E-state index is 0.199. The molecule has 3 heteroatoms. The van der Waals surface area contributed by atoms with Crippen molar-refractivity contribution in [3.05, 3.63) is 63.6 Å². The summed E-state index contributed by atoms with van der Waals surface area (Å²) in [4.78, 5) is 0. The van der Waals surface area contributed by atoms with Crippen LogP contribution in [0.25, 0.3) is 0 Å². The predicted octanol–water partition coefficient (Wildman–Crippen LogP) is 3.39. The zero-order chi connectivity index (χ0) is 12.5. The number of phenolic OH excluding ortho intramolecular Hbond substituents is 1. The van der Waals surface area contributed by atoms with Crippen molar-refractivity contribution in [2.45, 2.75) is 12.5 Å². The number of benzene rings is 2. The van der Waals surface area contributed by atoms with Crippen molar-refractivity contribution >= 4 is 15.9 Å². The van der Waals surface area contributed by atoms with Gasteiger partial charge in [-0.2, -0.15) is 0 Å². The van der Waals surface area contributed by atoms with Gasteiger partial charge >= 0.3 is 0 Å². The first-order valence-corrected chi connectivity index (χ1v) is 6.84. The third-order valence-electron chi connectivity index (χ3n) is 3.40. The van der Waals surface area contributed by atoms with Crippen molar-refractivity contribution in [2.24, 2.45) is 0 Å². The molecule has 0 unspecified atom stereocenters. The maximum Gasteiger partial charge on any atom is 0.115 e. The Morgan fingerprint density at radius 1 is 1.11 bits per heavy atom. The van der Waals surface area contributed by atoms with Crippen LogP contribution in [0, 0.1) is 0 Å². The summed E-state index contributed by atoms with van der Waals surface area (Å²) in [5.74, 6) is 0.349. The van der Waals surface area contributed by atoms with E-state index in [1.807, 2.05) is 18.2 Å². The minimum Gasteiger partial charge on any atom is -0.508 e. The topological polar surface area (TPSA) is 32.3 Å². The van der Waals surface area contributed by atoms with Crippen molar-refractivity contribution < 1.29 is 5.11 Å². The molecule has 0 spiro atoms. The van der Waals surface area contributed by atoms with Crippen LogP contribution in [0.5, 0.6) is 5.75 Å². The molecule has 2 aromatic rings. The lowest BCUT2D eigenvalue weighted by molar-refractivity contribution is 0.471. The van der Waals surface area contributed by atoms with Crippen LogP contribution in [-0.4, -0.2) is 11.7 Å². The van der Waals surface area contributed by atoms with Crippen molar-refractivity contribution in [1.29, 1.82) is 0 Å². The summed E-state index contributed by atoms with van der Waals surface area (Å²) in [5.41, 5.74) is 3.73. The average molecular weight is 304 g/mol. The highest BCUT2D eigenvalue weighted by Gasteiger charge is 2.22. The summed E-state index contributed by atoms with van der Waals surface area (Å²) in [5, 5.41) is 13.1. The minimum absolute atomic E-state index is 0.199. The van der Waals surface area contributed by atoms with Gasteiger partial charge in [-0.25, -0.2) is 0 Å². The van der Waals surface area contributed by atoms with E-state index < -0.39 is 0 Å². The number of hydrogen-bond acceptors (Lipinski definition) is 2. The van der Waals surface area contributed by atoms with E-state index in [0.717, 1.165) is 17.4 Å². The molecule has 0 bridgehead atoms. The zero-order valence-electron chi connectivity index (χ0n) is 9.86. The summed E-state index contributed by atoms with van der Waals surface area (Å²) < 4.78 is 1.11. The van der Waals surface area contributed by atoms with Gasteiger partial charge in [-0.1, -0.05) is 40.2 Å². The lowest BCUT2D eigenvalue weighted by atomic mass is 9.90. The molecule has 92 valence electrons. The van der Waals surface area contributed by atoms with Gasteiger partial charge in [0.05, 0.1) is 6.04 Å². The monoisotopic (exact) mass is 303 g/mol. The molecule has 1 aliphatic heterocycles. The molecule has 0 aromatic heterocycles. The van der Waals surface area contributed by atoms with Gasteiger partial charge in [0.1, 0.15) is 5.75 Å². The number of hydrogen-bond donors (Lipinski definition) is 2. The Kier molecular flexibility index (Phi) is 3.10. The molecule has 1 atom stereocenters. The molecule has 0 amide bonds. The van der Waals surface area contributed by atoms with E-state index in [0.29, 0.717) is 5.75 Å². The zero-order valence-corrected chi connectivity index (χ0v) is 11.4. The second kappa shape index (κ2) is 4.75. The van der Waals surface area contributed by atoms with Crippen LogP contribution in [0.3, 0.4) is 0 Å². The standard InChI is InChI=1S/C15H14BrNO/c16-14-4-2-1-3-13(14)15-12-6-5-11(18)9-10(12)7-8-17-15/h1-6,9,15,17-18H,7-8H2/t15-/m1/s1. The van der Waals surface area contributed by atoms with E-state index in [9.17, 15) is 5.11 Å². The summed E-state index contributed by atoms with van der Waals surface area (Å²) in [7, 11) is 0. The Morgan fingerprint density at radius 3 is 2.78 bits per heavy atom. The Hall–Kier alpha value is -1.32. The molecular weight excluding hydrogens is 290 g/mol. The molecule has 0 aliphatic carbocycles. The fraction of sp³-hybridized carbons (Fsp3) is 0.200. The van der Waals surface area contributed by atoms with E-state index >= 15 is 0 Å². The Labute approximate surface area is 115 Å². The van der Waals surface area contributed by atoms with Crippen LogP contribution in [0.4, 0.5) is 0 Å². The number of rotatable bonds is 1. The first kappa shape index (κ1) is 11.8. The molecule has 0 saturated carbocycles. The molecule has 1 aliphatic rings. The molecule has 3 rings (SSSR count). The Morgan fingerprint density at radius 2 is 1.94 bits per heavy atom. The highest BCUT2D eigenvalue weighted by Crippen LogP contribution is 2.33. The number of aromatic hydroxyl groups is 1. The average Bonchev–Trinajstić information content (AvgIpc) is 2.38. The normalized spacial score (nSPS) is 18.4. The van der Waals surface area contributed by atoms with Crippen LogP contribution < -0.4 is 5.32 Å². The molecule has 1 heterocycles. The quantitative estimate of drug-likeness (QED) is 0.846. The van der Waals surface area contributed by atoms with Crippen molar-refractivity contribution in [1.82, 2.24) is 5.32 Å². The summed E-state index contributed by atoms with van der Waals surface area (Å²) in [6.45, 7) is 0.933. The molecular formula is C15H14BrNO. The molecule has 0 radical (unpaired) electrons. The van der Waals surface area contributed by atoms with Gasteiger partial charge < -0.3 is 10.4 Å². The van der Waals surface area contributed by atoms with Crippen LogP contribution in [-0.2, 0) is 6.42 Å². The van der Waals surface area contributed by atoms with Crippen molar-refractivity contribution in [3.63, 3.8) is 0 Å². The third-order valence-corrected chi connectivity index (χ3v) is 4.12. The first-order valence-electron chi connectivity index (χ1n) is 6.05. The van der Waals surface area contributed by atoms with Crippen LogP contribution in [0.2, 0.25) is 0 Å². The summed E-state index contributed by atoms with van der Waals surface area (Å²) >= 11 is 3.61. The van der Waals surface area contributed by atoms with Crippen LogP contribution in [0.15, 0.2) is 46.9 Å². The second-order valence-electron chi connectivity index (χ2n) is 4.54. The van der Waals surface area contributed by atoms with Gasteiger partial charge in [0.25, 0.3) is 0 Å². The first-order chi connectivity index (χ1) is 8.75. The fourth-order valence-corrected chi connectivity index (χ4v) is 3.05. The number of nitrogens with one attached hydrogen (secondary N) is 1. The van der Waals surface area contributed by atoms with E-state index in [2.05, 4.69) is 39.4 Å². The van der Waals surface area contributed by atoms with Crippen LogP contribution in [0.1, 0.15) is 22.7 Å². The lowest BCUT2D eigenvalue weighted by Crippen LogP contribution is -2.30. The molecule has 2 N–H and O–H groups in total. The van der Waals surface area contributed by atoms with Crippen molar-refractivity contribution in [3.8, 4) is 5.75 Å². The van der Waals surface area contributed by atoms with Crippen molar-refractivity contribution in [2.75, 3.05) is 6.54 Å². The van der Waals surface area contributed by atoms with E-state index in [1.54, 1.807) is 6.07 Å². The second-order valence-corrected chi connectivity index (χ2v) is 5.40. The van der Waals surface area contributed by atoms with Gasteiger partial charge in [-0.3, -0.25) is 0 Å². The van der Waals surface area contributed by atoms with E-state index in [-0.39, 0.29) is 6.04 Å². The maximum absolute atomic E-state index is 9.57. The molecule has 0 fully saturated rings. The summed E-state index contributed by atoms with van der Waals surface area (Å²) in [6, 6.07) is 14.1. The highest BCUT2D eigenvalue weighted by atomic mass is 79.9. The van der Waals surface area contributed by atoms with Crippen LogP contribution >= 0.6 is 15.9 Å². The fourth-order valence-electron chi connectivity index (χ4n) is 2.54. The maximum atomic E-state index is 9.57. The van der Waals surface area contributed by atoms with E-state index in [1.165, 1.54) is 16.7 Å². The smallest absolute Gasteiger partial charge is 0.115 e. The number of fused-ring (bicyclic) bond motifs is 1. The molecule has 2 nitrogen and oxygen atoms in total. The third kappa shape index (κ3) is 2.04. The van der Waals surface area contributed by atoms with Gasteiger partial charge in [-0.05, 0) is 41.3 Å². The number of halogens is 1. The highest BCUT2D eigenvalue weighted by molar-refractivity contribution is 9.10. The molecule has 2 aromatic carbocycles. The molecule has 0 saturated heterocycles. The predicted molar refractivity (Wildman–Crippen MR) is 75.8 cm³/mol. The van der Waals surface area contributed by atoms with E-state index in [4.69, 9.17) is 0 Å². The molecule has 18 heavy (non-hydrogen) atoms. The van der Waals surface area contributed by atoms with Gasteiger partial charge in [0.2, 0.25) is 0 Å². The van der Waals surface area contributed by atoms with Gasteiger partial charge in [-0.15, -0.1) is 0 Å². The summed E-state index contributed by atoms with van der Waals surface area (Å²) in [6.07, 6.45) is 0.963. The lowest BCUT2D eigenvalue weighted by Gasteiger charge is -2.28. The Bertz CT molecular complexity index is 582. The Balaban J connectivity index is 2.09. The number of phenols is 1. The van der Waals surface area contributed by atoms with Gasteiger partial charge in [0, 0.05) is 11.0 Å².